The summed E-state index contributed by atoms with van der Waals surface area (Å²) in [5.74, 6) is 0. The van der Waals surface area contributed by atoms with E-state index >= 15 is 0 Å². The van der Waals surface area contributed by atoms with E-state index < -0.39 is 0 Å². The third-order valence-corrected chi connectivity index (χ3v) is 3.99. The Kier molecular flexibility index (Phi) is 3.13. The van der Waals surface area contributed by atoms with E-state index in [-0.39, 0.29) is 0 Å². The van der Waals surface area contributed by atoms with Crippen molar-refractivity contribution < 1.29 is 0 Å². The third-order valence-electron chi connectivity index (χ3n) is 3.99. The largest absolute Gasteiger partial charge is 0.345 e. The van der Waals surface area contributed by atoms with E-state index in [0.29, 0.717) is 12.1 Å². The maximum absolute atomic E-state index is 3.58. The molecule has 1 aromatic carbocycles. The van der Waals surface area contributed by atoms with Gasteiger partial charge in [0.2, 0.25) is 0 Å². The Morgan fingerprint density at radius 1 is 1.33 bits per heavy atom. The number of hydrogen-bond donors (Lipinski definition) is 1. The fourth-order valence-corrected chi connectivity index (χ4v) is 2.99. The number of fused-ring (bicyclic) bond motifs is 1. The topological polar surface area (TPSA) is 17.0 Å². The number of nitrogens with zero attached hydrogens (tertiary/aromatic N) is 1. The molecular weight excluding hydrogens is 220 g/mol. The van der Waals surface area contributed by atoms with Crippen LogP contribution in [0.25, 0.3) is 10.9 Å². The lowest BCUT2D eigenvalue weighted by atomic mass is 10.0. The van der Waals surface area contributed by atoms with E-state index in [9.17, 15) is 0 Å². The van der Waals surface area contributed by atoms with Gasteiger partial charge in [-0.1, -0.05) is 12.1 Å². The third kappa shape index (κ3) is 2.17. The Balaban J connectivity index is 1.91. The SMILES string of the molecule is CC(C)n1ccc2ccc(CC3CCCN3)cc21. The van der Waals surface area contributed by atoms with Crippen molar-refractivity contribution in [3.63, 3.8) is 0 Å². The molecule has 1 fully saturated rings. The van der Waals surface area contributed by atoms with Crippen molar-refractivity contribution >= 4 is 10.9 Å². The summed E-state index contributed by atoms with van der Waals surface area (Å²) in [6, 6.07) is 10.3. The van der Waals surface area contributed by atoms with Crippen LogP contribution in [0.3, 0.4) is 0 Å². The molecule has 1 aliphatic heterocycles. The molecule has 0 saturated carbocycles. The van der Waals surface area contributed by atoms with Crippen LogP contribution in [-0.2, 0) is 6.42 Å². The summed E-state index contributed by atoms with van der Waals surface area (Å²) in [5.41, 5.74) is 2.84. The van der Waals surface area contributed by atoms with Gasteiger partial charge >= 0.3 is 0 Å². The summed E-state index contributed by atoms with van der Waals surface area (Å²) in [6.07, 6.45) is 6.02. The first-order valence-electron chi connectivity index (χ1n) is 7.07. The molecule has 2 nitrogen and oxygen atoms in total. The summed E-state index contributed by atoms with van der Waals surface area (Å²) < 4.78 is 2.36. The van der Waals surface area contributed by atoms with Gasteiger partial charge in [0.25, 0.3) is 0 Å². The van der Waals surface area contributed by atoms with Crippen molar-refractivity contribution in [2.75, 3.05) is 6.54 Å². The lowest BCUT2D eigenvalue weighted by Gasteiger charge is -2.12. The molecule has 3 rings (SSSR count). The van der Waals surface area contributed by atoms with Crippen molar-refractivity contribution in [2.24, 2.45) is 0 Å². The first-order chi connectivity index (χ1) is 8.74. The number of nitrogens with one attached hydrogen (secondary N) is 1. The molecule has 1 aliphatic rings. The zero-order valence-corrected chi connectivity index (χ0v) is 11.3. The van der Waals surface area contributed by atoms with Crippen LogP contribution < -0.4 is 5.32 Å². The summed E-state index contributed by atoms with van der Waals surface area (Å²) in [6.45, 7) is 5.67. The van der Waals surface area contributed by atoms with Crippen molar-refractivity contribution in [1.82, 2.24) is 9.88 Å². The molecule has 0 spiro atoms. The van der Waals surface area contributed by atoms with Crippen molar-refractivity contribution in [2.45, 2.75) is 45.2 Å². The Morgan fingerprint density at radius 3 is 2.94 bits per heavy atom. The zero-order chi connectivity index (χ0) is 12.5. The summed E-state index contributed by atoms with van der Waals surface area (Å²) in [4.78, 5) is 0. The van der Waals surface area contributed by atoms with Gasteiger partial charge in [-0.05, 0) is 62.7 Å². The van der Waals surface area contributed by atoms with Gasteiger partial charge in [-0.2, -0.15) is 0 Å². The van der Waals surface area contributed by atoms with Crippen LogP contribution in [0.2, 0.25) is 0 Å². The molecule has 2 heterocycles. The Labute approximate surface area is 109 Å². The monoisotopic (exact) mass is 242 g/mol. The lowest BCUT2D eigenvalue weighted by molar-refractivity contribution is 0.602. The average Bonchev–Trinajstić information content (AvgIpc) is 2.97. The molecule has 1 atom stereocenters. The van der Waals surface area contributed by atoms with Gasteiger partial charge in [0.05, 0.1) is 0 Å². The Morgan fingerprint density at radius 2 is 2.22 bits per heavy atom. The highest BCUT2D eigenvalue weighted by Crippen LogP contribution is 2.22. The second-order valence-corrected chi connectivity index (χ2v) is 5.71. The van der Waals surface area contributed by atoms with Crippen LogP contribution in [0.1, 0.15) is 38.3 Å². The summed E-state index contributed by atoms with van der Waals surface area (Å²) in [7, 11) is 0. The number of aromatic nitrogens is 1. The van der Waals surface area contributed by atoms with Crippen LogP contribution in [-0.4, -0.2) is 17.2 Å². The minimum atomic E-state index is 0.530. The van der Waals surface area contributed by atoms with Gasteiger partial charge in [-0.15, -0.1) is 0 Å². The molecule has 0 aliphatic carbocycles. The molecule has 1 unspecified atom stereocenters. The first-order valence-corrected chi connectivity index (χ1v) is 7.07. The molecule has 1 N–H and O–H groups in total. The molecule has 96 valence electrons. The highest BCUT2D eigenvalue weighted by molar-refractivity contribution is 5.81. The lowest BCUT2D eigenvalue weighted by Crippen LogP contribution is -2.23. The minimum Gasteiger partial charge on any atom is -0.345 e. The number of rotatable bonds is 3. The fraction of sp³-hybridized carbons (Fsp3) is 0.500. The maximum Gasteiger partial charge on any atom is 0.0485 e. The zero-order valence-electron chi connectivity index (χ0n) is 11.3. The smallest absolute Gasteiger partial charge is 0.0485 e. The number of benzene rings is 1. The van der Waals surface area contributed by atoms with Gasteiger partial charge in [0.1, 0.15) is 0 Å². The standard InChI is InChI=1S/C16H22N2/c1-12(2)18-9-7-14-6-5-13(11-16(14)18)10-15-4-3-8-17-15/h5-7,9,11-12,15,17H,3-4,8,10H2,1-2H3. The van der Waals surface area contributed by atoms with Gasteiger partial charge in [0, 0.05) is 23.8 Å². The van der Waals surface area contributed by atoms with Crippen LogP contribution in [0.5, 0.6) is 0 Å². The Bertz CT molecular complexity index is 533. The van der Waals surface area contributed by atoms with Crippen molar-refractivity contribution in [3.05, 3.63) is 36.0 Å². The van der Waals surface area contributed by atoms with E-state index in [0.717, 1.165) is 0 Å². The Hall–Kier alpha value is -1.28. The fourth-order valence-electron chi connectivity index (χ4n) is 2.99. The van der Waals surface area contributed by atoms with Gasteiger partial charge in [0.15, 0.2) is 0 Å². The predicted octanol–water partition coefficient (Wildman–Crippen LogP) is 3.52. The second kappa shape index (κ2) is 4.77. The summed E-state index contributed by atoms with van der Waals surface area (Å²) in [5, 5.41) is 4.93. The molecule has 2 aromatic rings. The van der Waals surface area contributed by atoms with Gasteiger partial charge in [-0.25, -0.2) is 0 Å². The number of hydrogen-bond acceptors (Lipinski definition) is 1. The van der Waals surface area contributed by atoms with Crippen LogP contribution >= 0.6 is 0 Å². The van der Waals surface area contributed by atoms with Crippen LogP contribution in [0, 0.1) is 0 Å². The molecule has 1 aromatic heterocycles. The normalized spacial score (nSPS) is 20.1. The predicted molar refractivity (Wildman–Crippen MR) is 77.1 cm³/mol. The van der Waals surface area contributed by atoms with Crippen LogP contribution in [0.15, 0.2) is 30.5 Å². The maximum atomic E-state index is 3.58. The van der Waals surface area contributed by atoms with Gasteiger partial charge < -0.3 is 9.88 Å². The molecule has 2 heteroatoms. The first kappa shape index (κ1) is 11.8. The van der Waals surface area contributed by atoms with E-state index in [1.54, 1.807) is 0 Å². The van der Waals surface area contributed by atoms with E-state index in [4.69, 9.17) is 0 Å². The van der Waals surface area contributed by atoms with Crippen molar-refractivity contribution in [1.29, 1.82) is 0 Å². The summed E-state index contributed by atoms with van der Waals surface area (Å²) >= 11 is 0. The van der Waals surface area contributed by atoms with E-state index in [1.807, 2.05) is 0 Å². The molecular formula is C16H22N2. The average molecular weight is 242 g/mol. The molecule has 0 amide bonds. The highest BCUT2D eigenvalue weighted by Gasteiger charge is 2.14. The van der Waals surface area contributed by atoms with Gasteiger partial charge in [-0.3, -0.25) is 0 Å². The second-order valence-electron chi connectivity index (χ2n) is 5.71. The molecule has 0 bridgehead atoms. The van der Waals surface area contributed by atoms with E-state index in [1.165, 1.54) is 42.3 Å². The quantitative estimate of drug-likeness (QED) is 0.871. The molecule has 0 radical (unpaired) electrons. The van der Waals surface area contributed by atoms with Crippen LogP contribution in [0.4, 0.5) is 0 Å². The van der Waals surface area contributed by atoms with E-state index in [2.05, 4.69) is 54.2 Å². The molecule has 18 heavy (non-hydrogen) atoms. The van der Waals surface area contributed by atoms with Crippen molar-refractivity contribution in [3.8, 4) is 0 Å². The minimum absolute atomic E-state index is 0.530. The molecule has 1 saturated heterocycles. The highest BCUT2D eigenvalue weighted by atomic mass is 15.0.